The van der Waals surface area contributed by atoms with Crippen molar-refractivity contribution in [2.24, 2.45) is 5.16 Å². The third-order valence-electron chi connectivity index (χ3n) is 2.85. The van der Waals surface area contributed by atoms with Crippen molar-refractivity contribution in [3.8, 4) is 0 Å². The standard InChI is InChI=1S/C12H14N2O4/c15-12(16)14-5-6-18-11(8-14)10-3-1-9(2-4-10)7-13-17/h1-4,7,11,17H,5-6,8H2,(H,15,16)/b13-7-. The minimum atomic E-state index is -0.924. The van der Waals surface area contributed by atoms with Crippen LogP contribution in [0.15, 0.2) is 29.4 Å². The molecule has 1 aromatic carbocycles. The maximum Gasteiger partial charge on any atom is 0.407 e. The molecule has 1 atom stereocenters. The minimum absolute atomic E-state index is 0.241. The lowest BCUT2D eigenvalue weighted by atomic mass is 10.1. The summed E-state index contributed by atoms with van der Waals surface area (Å²) in [4.78, 5) is 12.2. The van der Waals surface area contributed by atoms with Gasteiger partial charge >= 0.3 is 6.09 Å². The molecule has 1 fully saturated rings. The lowest BCUT2D eigenvalue weighted by Crippen LogP contribution is -2.41. The van der Waals surface area contributed by atoms with Gasteiger partial charge < -0.3 is 20.0 Å². The zero-order chi connectivity index (χ0) is 13.0. The molecule has 6 heteroatoms. The van der Waals surface area contributed by atoms with E-state index in [4.69, 9.17) is 15.1 Å². The summed E-state index contributed by atoms with van der Waals surface area (Å²) in [6.07, 6.45) is 0.164. The van der Waals surface area contributed by atoms with E-state index in [2.05, 4.69) is 5.16 Å². The highest BCUT2D eigenvalue weighted by atomic mass is 16.5. The third kappa shape index (κ3) is 2.78. The van der Waals surface area contributed by atoms with Gasteiger partial charge in [0.25, 0.3) is 0 Å². The molecule has 1 amide bonds. The second-order valence-electron chi connectivity index (χ2n) is 4.00. The molecule has 0 aromatic heterocycles. The van der Waals surface area contributed by atoms with Crippen LogP contribution in [-0.4, -0.2) is 47.2 Å². The van der Waals surface area contributed by atoms with Crippen LogP contribution >= 0.6 is 0 Å². The van der Waals surface area contributed by atoms with Crippen molar-refractivity contribution in [2.45, 2.75) is 6.10 Å². The summed E-state index contributed by atoms with van der Waals surface area (Å²) in [5.74, 6) is 0. The first-order chi connectivity index (χ1) is 8.70. The lowest BCUT2D eigenvalue weighted by molar-refractivity contribution is -0.0232. The number of ether oxygens (including phenoxy) is 1. The SMILES string of the molecule is O=C(O)N1CCOC(c2ccc(/C=N\O)cc2)C1. The first-order valence-electron chi connectivity index (χ1n) is 5.57. The predicted molar refractivity (Wildman–Crippen MR) is 64.1 cm³/mol. The van der Waals surface area contributed by atoms with Gasteiger partial charge in [-0.05, 0) is 11.1 Å². The molecule has 1 saturated heterocycles. The van der Waals surface area contributed by atoms with Gasteiger partial charge in [-0.15, -0.1) is 0 Å². The Bertz CT molecular complexity index is 444. The van der Waals surface area contributed by atoms with Crippen LogP contribution in [0, 0.1) is 0 Å². The Kier molecular flexibility index (Phi) is 3.78. The highest BCUT2D eigenvalue weighted by Crippen LogP contribution is 2.22. The number of hydrogen-bond acceptors (Lipinski definition) is 4. The van der Waals surface area contributed by atoms with Crippen molar-refractivity contribution in [2.75, 3.05) is 19.7 Å². The van der Waals surface area contributed by atoms with Crippen LogP contribution in [0.1, 0.15) is 17.2 Å². The van der Waals surface area contributed by atoms with Crippen LogP contribution in [0.5, 0.6) is 0 Å². The molecule has 0 radical (unpaired) electrons. The quantitative estimate of drug-likeness (QED) is 0.474. The number of carbonyl (C=O) groups is 1. The molecule has 1 aliphatic rings. The normalized spacial score (nSPS) is 20.2. The van der Waals surface area contributed by atoms with Crippen LogP contribution in [0.2, 0.25) is 0 Å². The molecule has 18 heavy (non-hydrogen) atoms. The van der Waals surface area contributed by atoms with Crippen molar-refractivity contribution < 1.29 is 19.8 Å². The molecular weight excluding hydrogens is 236 g/mol. The second kappa shape index (κ2) is 5.50. The molecule has 96 valence electrons. The molecule has 2 rings (SSSR count). The van der Waals surface area contributed by atoms with E-state index >= 15 is 0 Å². The molecular formula is C12H14N2O4. The first kappa shape index (κ1) is 12.4. The van der Waals surface area contributed by atoms with Crippen molar-refractivity contribution in [3.05, 3.63) is 35.4 Å². The van der Waals surface area contributed by atoms with Gasteiger partial charge in [0.1, 0.15) is 6.10 Å². The number of rotatable bonds is 2. The topological polar surface area (TPSA) is 82.4 Å². The van der Waals surface area contributed by atoms with Crippen LogP contribution in [0.4, 0.5) is 4.79 Å². The molecule has 0 saturated carbocycles. The fourth-order valence-electron chi connectivity index (χ4n) is 1.89. The van der Waals surface area contributed by atoms with Gasteiger partial charge in [0.15, 0.2) is 0 Å². The van der Waals surface area contributed by atoms with Gasteiger partial charge in [-0.3, -0.25) is 0 Å². The Balaban J connectivity index is 2.08. The monoisotopic (exact) mass is 250 g/mol. The highest BCUT2D eigenvalue weighted by Gasteiger charge is 2.24. The fourth-order valence-corrected chi connectivity index (χ4v) is 1.89. The Hall–Kier alpha value is -2.08. The number of hydrogen-bond donors (Lipinski definition) is 2. The predicted octanol–water partition coefficient (Wildman–Crippen LogP) is 1.55. The Labute approximate surface area is 104 Å². The zero-order valence-corrected chi connectivity index (χ0v) is 9.69. The molecule has 0 aliphatic carbocycles. The molecule has 1 aromatic rings. The van der Waals surface area contributed by atoms with Gasteiger partial charge in [-0.25, -0.2) is 4.79 Å². The van der Waals surface area contributed by atoms with E-state index < -0.39 is 6.09 Å². The summed E-state index contributed by atoms with van der Waals surface area (Å²) in [5.41, 5.74) is 1.68. The first-order valence-corrected chi connectivity index (χ1v) is 5.57. The maximum absolute atomic E-state index is 10.9. The Morgan fingerprint density at radius 1 is 1.44 bits per heavy atom. The average Bonchev–Trinajstić information content (AvgIpc) is 2.40. The molecule has 2 N–H and O–H groups in total. The third-order valence-corrected chi connectivity index (χ3v) is 2.85. The molecule has 6 nitrogen and oxygen atoms in total. The summed E-state index contributed by atoms with van der Waals surface area (Å²) in [7, 11) is 0. The summed E-state index contributed by atoms with van der Waals surface area (Å²) in [5, 5.41) is 20.3. The number of nitrogens with zero attached hydrogens (tertiary/aromatic N) is 2. The number of morpholine rings is 1. The number of benzene rings is 1. The summed E-state index contributed by atoms with van der Waals surface area (Å²) in [6.45, 7) is 1.14. The van der Waals surface area contributed by atoms with E-state index in [9.17, 15) is 4.79 Å². The van der Waals surface area contributed by atoms with Crippen LogP contribution in [-0.2, 0) is 4.74 Å². The van der Waals surface area contributed by atoms with E-state index in [1.54, 1.807) is 12.1 Å². The van der Waals surface area contributed by atoms with Crippen molar-refractivity contribution in [3.63, 3.8) is 0 Å². The summed E-state index contributed by atoms with van der Waals surface area (Å²) in [6, 6.07) is 7.26. The van der Waals surface area contributed by atoms with Gasteiger partial charge in [-0.2, -0.15) is 0 Å². The second-order valence-corrected chi connectivity index (χ2v) is 4.00. The molecule has 0 spiro atoms. The van der Waals surface area contributed by atoms with Crippen molar-refractivity contribution >= 4 is 12.3 Å². The van der Waals surface area contributed by atoms with Gasteiger partial charge in [0, 0.05) is 6.54 Å². The van der Waals surface area contributed by atoms with E-state index in [1.165, 1.54) is 11.1 Å². The molecule has 1 aliphatic heterocycles. The smallest absolute Gasteiger partial charge is 0.407 e. The van der Waals surface area contributed by atoms with Crippen LogP contribution < -0.4 is 0 Å². The van der Waals surface area contributed by atoms with E-state index in [0.29, 0.717) is 19.7 Å². The summed E-state index contributed by atoms with van der Waals surface area (Å²) < 4.78 is 5.56. The number of oxime groups is 1. The lowest BCUT2D eigenvalue weighted by Gasteiger charge is -2.31. The summed E-state index contributed by atoms with van der Waals surface area (Å²) >= 11 is 0. The Morgan fingerprint density at radius 2 is 2.17 bits per heavy atom. The van der Waals surface area contributed by atoms with Gasteiger partial charge in [0.2, 0.25) is 0 Å². The van der Waals surface area contributed by atoms with Gasteiger partial charge in [0.05, 0.1) is 19.4 Å². The van der Waals surface area contributed by atoms with Crippen molar-refractivity contribution in [1.82, 2.24) is 4.90 Å². The fraction of sp³-hybridized carbons (Fsp3) is 0.333. The van der Waals surface area contributed by atoms with Crippen LogP contribution in [0.3, 0.4) is 0 Å². The highest BCUT2D eigenvalue weighted by molar-refractivity contribution is 5.79. The average molecular weight is 250 g/mol. The van der Waals surface area contributed by atoms with Gasteiger partial charge in [-0.1, -0.05) is 29.4 Å². The van der Waals surface area contributed by atoms with Crippen molar-refractivity contribution in [1.29, 1.82) is 0 Å². The van der Waals surface area contributed by atoms with Crippen LogP contribution in [0.25, 0.3) is 0 Å². The van der Waals surface area contributed by atoms with E-state index in [1.807, 2.05) is 12.1 Å². The number of carboxylic acid groups (broad SMARTS) is 1. The number of amides is 1. The van der Waals surface area contributed by atoms with E-state index in [0.717, 1.165) is 11.1 Å². The molecule has 1 heterocycles. The Morgan fingerprint density at radius 3 is 2.78 bits per heavy atom. The molecule has 1 unspecified atom stereocenters. The molecule has 0 bridgehead atoms. The zero-order valence-electron chi connectivity index (χ0n) is 9.69. The maximum atomic E-state index is 10.9. The largest absolute Gasteiger partial charge is 0.465 e. The minimum Gasteiger partial charge on any atom is -0.465 e. The van der Waals surface area contributed by atoms with E-state index in [-0.39, 0.29) is 6.10 Å².